The summed E-state index contributed by atoms with van der Waals surface area (Å²) in [6.45, 7) is 0.778. The van der Waals surface area contributed by atoms with Crippen molar-refractivity contribution in [3.8, 4) is 0 Å². The zero-order valence-corrected chi connectivity index (χ0v) is 9.74. The van der Waals surface area contributed by atoms with E-state index < -0.39 is 54.9 Å². The van der Waals surface area contributed by atoms with Gasteiger partial charge in [0.05, 0.1) is 12.6 Å². The van der Waals surface area contributed by atoms with Crippen LogP contribution in [0.25, 0.3) is 0 Å². The van der Waals surface area contributed by atoms with Crippen LogP contribution in [0.15, 0.2) is 0 Å². The fraction of sp³-hybridized carbons (Fsp3) is 0.800. The van der Waals surface area contributed by atoms with Crippen LogP contribution >= 0.6 is 0 Å². The highest BCUT2D eigenvalue weighted by molar-refractivity contribution is 5.90. The number of fused-ring (bicyclic) bond motifs is 1. The number of hydrogen-bond donors (Lipinski definition) is 5. The van der Waals surface area contributed by atoms with Crippen molar-refractivity contribution < 1.29 is 29.6 Å². The Morgan fingerprint density at radius 3 is 2.67 bits per heavy atom. The van der Waals surface area contributed by atoms with Gasteiger partial charge in [-0.05, 0) is 0 Å². The Morgan fingerprint density at radius 2 is 2.11 bits per heavy atom. The van der Waals surface area contributed by atoms with Crippen LogP contribution in [-0.2, 0) is 14.3 Å². The molecule has 18 heavy (non-hydrogen) atoms. The second kappa shape index (κ2) is 4.81. The summed E-state index contributed by atoms with van der Waals surface area (Å²) in [5.41, 5.74) is 0. The lowest BCUT2D eigenvalue weighted by molar-refractivity contribution is -0.189. The first kappa shape index (κ1) is 13.2. The van der Waals surface area contributed by atoms with Crippen LogP contribution in [0.3, 0.4) is 0 Å². The largest absolute Gasteiger partial charge is 0.394 e. The zero-order valence-electron chi connectivity index (χ0n) is 9.74. The predicted octanol–water partition coefficient (Wildman–Crippen LogP) is -3.53. The van der Waals surface area contributed by atoms with Crippen molar-refractivity contribution in [3.05, 3.63) is 0 Å². The van der Waals surface area contributed by atoms with Gasteiger partial charge in [0.25, 0.3) is 0 Å². The quantitative estimate of drug-likeness (QED) is 0.350. The summed E-state index contributed by atoms with van der Waals surface area (Å²) in [4.78, 5) is 22.7. The van der Waals surface area contributed by atoms with E-state index >= 15 is 0 Å². The molecule has 0 aromatic rings. The van der Waals surface area contributed by atoms with Gasteiger partial charge >= 0.3 is 0 Å². The number of rotatable bonds is 2. The lowest BCUT2D eigenvalue weighted by Gasteiger charge is -2.39. The molecule has 0 saturated carbocycles. The number of hydrogen-bond acceptors (Lipinski definition) is 6. The molecule has 0 aromatic carbocycles. The molecule has 2 saturated heterocycles. The highest BCUT2D eigenvalue weighted by atomic mass is 16.5. The van der Waals surface area contributed by atoms with Crippen LogP contribution in [0, 0.1) is 0 Å². The first-order chi connectivity index (χ1) is 8.45. The fourth-order valence-corrected chi connectivity index (χ4v) is 2.37. The van der Waals surface area contributed by atoms with E-state index in [0.29, 0.717) is 0 Å². The monoisotopic (exact) mass is 260 g/mol. The maximum absolute atomic E-state index is 11.7. The second-order valence-electron chi connectivity index (χ2n) is 4.52. The topological polar surface area (TPSA) is 128 Å². The standard InChI is InChI=1S/C10H16N2O6/c1-3(14)11-6-9-5(12-10(6)17)8(16)7(15)4(2-13)18-9/h4-9,13,15-16H,2H2,1H3,(H,11,14)(H,12,17)/t4-,5?,6+,7+,8-,9?/m1/s1. The van der Waals surface area contributed by atoms with Gasteiger partial charge in [0, 0.05) is 6.92 Å². The second-order valence-corrected chi connectivity index (χ2v) is 4.52. The van der Waals surface area contributed by atoms with E-state index in [1.54, 1.807) is 0 Å². The molecule has 8 nitrogen and oxygen atoms in total. The Balaban J connectivity index is 2.19. The highest BCUT2D eigenvalue weighted by Gasteiger charge is 2.54. The van der Waals surface area contributed by atoms with Crippen molar-refractivity contribution in [2.24, 2.45) is 0 Å². The minimum Gasteiger partial charge on any atom is -0.394 e. The van der Waals surface area contributed by atoms with Crippen LogP contribution in [0.2, 0.25) is 0 Å². The zero-order chi connectivity index (χ0) is 13.4. The molecule has 5 N–H and O–H groups in total. The molecular formula is C10H16N2O6. The van der Waals surface area contributed by atoms with E-state index in [-0.39, 0.29) is 0 Å². The number of nitrogens with one attached hydrogen (secondary N) is 2. The van der Waals surface area contributed by atoms with Crippen LogP contribution in [0.1, 0.15) is 6.92 Å². The van der Waals surface area contributed by atoms with Gasteiger partial charge in [-0.1, -0.05) is 0 Å². The first-order valence-electron chi connectivity index (χ1n) is 5.65. The SMILES string of the molecule is CC(=O)N[C@@H]1C(=O)NC2C1O[C@H](CO)[C@H](O)[C@@H]2O. The summed E-state index contributed by atoms with van der Waals surface area (Å²) in [7, 11) is 0. The number of carbonyl (C=O) groups is 2. The summed E-state index contributed by atoms with van der Waals surface area (Å²) >= 11 is 0. The molecule has 6 atom stereocenters. The molecule has 102 valence electrons. The van der Waals surface area contributed by atoms with E-state index in [9.17, 15) is 19.8 Å². The van der Waals surface area contributed by atoms with Crippen molar-refractivity contribution in [1.82, 2.24) is 10.6 Å². The van der Waals surface area contributed by atoms with Crippen LogP contribution in [-0.4, -0.2) is 70.2 Å². The molecule has 2 aliphatic rings. The van der Waals surface area contributed by atoms with E-state index in [4.69, 9.17) is 9.84 Å². The highest BCUT2D eigenvalue weighted by Crippen LogP contribution is 2.27. The number of amides is 2. The maximum atomic E-state index is 11.7. The van der Waals surface area contributed by atoms with Crippen LogP contribution < -0.4 is 10.6 Å². The summed E-state index contributed by atoms with van der Waals surface area (Å²) in [6.07, 6.45) is -4.32. The smallest absolute Gasteiger partial charge is 0.245 e. The van der Waals surface area contributed by atoms with Gasteiger partial charge in [0.15, 0.2) is 0 Å². The normalized spacial score (nSPS) is 43.2. The summed E-state index contributed by atoms with van der Waals surface area (Å²) in [5, 5.41) is 33.4. The van der Waals surface area contributed by atoms with E-state index in [1.807, 2.05) is 0 Å². The van der Waals surface area contributed by atoms with E-state index in [0.717, 1.165) is 0 Å². The molecule has 0 spiro atoms. The average Bonchev–Trinajstić information content (AvgIpc) is 2.61. The van der Waals surface area contributed by atoms with Gasteiger partial charge in [-0.15, -0.1) is 0 Å². The van der Waals surface area contributed by atoms with Gasteiger partial charge in [-0.3, -0.25) is 9.59 Å². The maximum Gasteiger partial charge on any atom is 0.245 e. The lowest BCUT2D eigenvalue weighted by Crippen LogP contribution is -2.62. The van der Waals surface area contributed by atoms with Gasteiger partial charge in [0.1, 0.15) is 30.5 Å². The number of ether oxygens (including phenoxy) is 1. The Morgan fingerprint density at radius 1 is 1.44 bits per heavy atom. The number of aliphatic hydroxyl groups excluding tert-OH is 3. The minimum atomic E-state index is -1.28. The lowest BCUT2D eigenvalue weighted by atomic mass is 9.92. The van der Waals surface area contributed by atoms with Crippen LogP contribution in [0.5, 0.6) is 0 Å². The third-order valence-electron chi connectivity index (χ3n) is 3.24. The molecule has 2 rings (SSSR count). The van der Waals surface area contributed by atoms with Gasteiger partial charge < -0.3 is 30.7 Å². The number of aliphatic hydroxyl groups is 3. The molecule has 0 bridgehead atoms. The molecule has 0 aromatic heterocycles. The molecule has 2 aliphatic heterocycles. The van der Waals surface area contributed by atoms with E-state index in [2.05, 4.69) is 10.6 Å². The molecule has 2 unspecified atom stereocenters. The number of carbonyl (C=O) groups excluding carboxylic acids is 2. The van der Waals surface area contributed by atoms with Crippen molar-refractivity contribution in [3.63, 3.8) is 0 Å². The van der Waals surface area contributed by atoms with Crippen molar-refractivity contribution in [2.75, 3.05) is 6.61 Å². The van der Waals surface area contributed by atoms with Gasteiger partial charge in [-0.25, -0.2) is 0 Å². The molecule has 0 aliphatic carbocycles. The molecule has 2 amide bonds. The van der Waals surface area contributed by atoms with Crippen molar-refractivity contribution in [1.29, 1.82) is 0 Å². The Bertz CT molecular complexity index is 362. The molecule has 2 heterocycles. The fourth-order valence-electron chi connectivity index (χ4n) is 2.37. The third-order valence-corrected chi connectivity index (χ3v) is 3.24. The van der Waals surface area contributed by atoms with Crippen molar-refractivity contribution >= 4 is 11.8 Å². The predicted molar refractivity (Wildman–Crippen MR) is 57.3 cm³/mol. The first-order valence-corrected chi connectivity index (χ1v) is 5.65. The van der Waals surface area contributed by atoms with Crippen molar-refractivity contribution in [2.45, 2.75) is 43.4 Å². The summed E-state index contributed by atoms with van der Waals surface area (Å²) in [5.74, 6) is -0.884. The minimum absolute atomic E-state index is 0.402. The third kappa shape index (κ3) is 2.07. The van der Waals surface area contributed by atoms with Crippen LogP contribution in [0.4, 0.5) is 0 Å². The summed E-state index contributed by atoms with van der Waals surface area (Å²) in [6, 6.07) is -1.73. The molecule has 0 radical (unpaired) electrons. The molecule has 2 fully saturated rings. The molecule has 8 heteroatoms. The average molecular weight is 260 g/mol. The Labute approximate surface area is 103 Å². The van der Waals surface area contributed by atoms with E-state index in [1.165, 1.54) is 6.92 Å². The Hall–Kier alpha value is -1.22. The molecular weight excluding hydrogens is 244 g/mol. The summed E-state index contributed by atoms with van der Waals surface area (Å²) < 4.78 is 5.37. The van der Waals surface area contributed by atoms with Gasteiger partial charge in [0.2, 0.25) is 11.8 Å². The Kier molecular flexibility index (Phi) is 3.53. The van der Waals surface area contributed by atoms with Gasteiger partial charge in [-0.2, -0.15) is 0 Å².